The fourth-order valence-corrected chi connectivity index (χ4v) is 3.45. The molecule has 30 heavy (non-hydrogen) atoms. The van der Waals surface area contributed by atoms with E-state index in [1.807, 2.05) is 12.1 Å². The van der Waals surface area contributed by atoms with Crippen LogP contribution >= 0.6 is 0 Å². The Labute approximate surface area is 174 Å². The van der Waals surface area contributed by atoms with Gasteiger partial charge < -0.3 is 20.7 Å². The van der Waals surface area contributed by atoms with Gasteiger partial charge in [-0.15, -0.1) is 0 Å². The number of amides is 3. The fourth-order valence-electron chi connectivity index (χ4n) is 3.45. The highest BCUT2D eigenvalue weighted by molar-refractivity contribution is 5.95. The van der Waals surface area contributed by atoms with Crippen molar-refractivity contribution < 1.29 is 23.1 Å². The van der Waals surface area contributed by atoms with Crippen LogP contribution in [0.4, 0.5) is 19.3 Å². The van der Waals surface area contributed by atoms with Crippen LogP contribution in [0.3, 0.4) is 0 Å². The first kappa shape index (κ1) is 21.5. The number of rotatable bonds is 4. The summed E-state index contributed by atoms with van der Waals surface area (Å²) in [6, 6.07) is 7.68. The van der Waals surface area contributed by atoms with Crippen LogP contribution in [-0.4, -0.2) is 31.6 Å². The predicted molar refractivity (Wildman–Crippen MR) is 110 cm³/mol. The van der Waals surface area contributed by atoms with Crippen molar-refractivity contribution >= 4 is 17.6 Å². The number of carbonyl (C=O) groups excluding carboxylic acids is 2. The second-order valence-electron chi connectivity index (χ2n) is 8.26. The maximum atomic E-state index is 14.5. The Balaban J connectivity index is 1.75. The van der Waals surface area contributed by atoms with Crippen molar-refractivity contribution in [2.45, 2.75) is 38.1 Å². The van der Waals surface area contributed by atoms with Crippen molar-refractivity contribution in [3.05, 3.63) is 59.2 Å². The first-order valence-electron chi connectivity index (χ1n) is 9.59. The highest BCUT2D eigenvalue weighted by Gasteiger charge is 2.40. The van der Waals surface area contributed by atoms with E-state index >= 15 is 0 Å². The second-order valence-corrected chi connectivity index (χ2v) is 8.26. The average Bonchev–Trinajstić information content (AvgIpc) is 3.01. The summed E-state index contributed by atoms with van der Waals surface area (Å²) in [5.74, 6) is -3.03. The van der Waals surface area contributed by atoms with E-state index < -0.39 is 35.5 Å². The molecular formula is C22H25F2N3O3. The van der Waals surface area contributed by atoms with E-state index in [1.54, 1.807) is 12.1 Å². The van der Waals surface area contributed by atoms with Gasteiger partial charge in [0.2, 0.25) is 5.91 Å². The summed E-state index contributed by atoms with van der Waals surface area (Å²) >= 11 is 0. The molecule has 2 atom stereocenters. The second kappa shape index (κ2) is 8.30. The third-order valence-electron chi connectivity index (χ3n) is 5.14. The van der Waals surface area contributed by atoms with Gasteiger partial charge in [0.1, 0.15) is 23.4 Å². The lowest BCUT2D eigenvalue weighted by Crippen LogP contribution is -2.45. The van der Waals surface area contributed by atoms with Crippen LogP contribution in [0.15, 0.2) is 36.4 Å². The molecule has 1 saturated heterocycles. The van der Waals surface area contributed by atoms with Gasteiger partial charge in [0.25, 0.3) is 0 Å². The Morgan fingerprint density at radius 1 is 1.13 bits per heavy atom. The van der Waals surface area contributed by atoms with E-state index in [4.69, 9.17) is 4.74 Å². The Kier molecular flexibility index (Phi) is 5.96. The number of carbonyl (C=O) groups is 2. The molecule has 0 aromatic heterocycles. The van der Waals surface area contributed by atoms with Crippen molar-refractivity contribution in [1.82, 2.24) is 10.6 Å². The quantitative estimate of drug-likeness (QED) is 0.710. The summed E-state index contributed by atoms with van der Waals surface area (Å²) in [6.07, 6.45) is 0. The molecule has 0 unspecified atom stereocenters. The summed E-state index contributed by atoms with van der Waals surface area (Å²) in [7, 11) is 1.30. The standard InChI is InChI=1S/C22H25F2N3O3/c1-22(2,3)12-5-7-13(8-6-12)26-21(29)27-19-15(11-25-20(19)28)18-16(23)9-14(30-4)10-17(18)24/h5-10,15,19H,11H2,1-4H3,(H,25,28)(H2,26,27,29)/t15-,19-/m0/s1. The lowest BCUT2D eigenvalue weighted by Gasteiger charge is -2.21. The van der Waals surface area contributed by atoms with Gasteiger partial charge in [-0.3, -0.25) is 4.79 Å². The first-order chi connectivity index (χ1) is 14.1. The minimum absolute atomic E-state index is 0.00419. The van der Waals surface area contributed by atoms with E-state index in [-0.39, 0.29) is 23.3 Å². The highest BCUT2D eigenvalue weighted by atomic mass is 19.1. The van der Waals surface area contributed by atoms with Crippen molar-refractivity contribution in [3.8, 4) is 5.75 Å². The van der Waals surface area contributed by atoms with Crippen LogP contribution in [-0.2, 0) is 10.2 Å². The lowest BCUT2D eigenvalue weighted by atomic mass is 9.87. The summed E-state index contributed by atoms with van der Waals surface area (Å²) in [5.41, 5.74) is 1.35. The lowest BCUT2D eigenvalue weighted by molar-refractivity contribution is -0.120. The zero-order valence-corrected chi connectivity index (χ0v) is 17.3. The molecule has 3 amide bonds. The molecule has 1 heterocycles. The first-order valence-corrected chi connectivity index (χ1v) is 9.59. The normalized spacial score (nSPS) is 18.7. The van der Waals surface area contributed by atoms with E-state index in [9.17, 15) is 18.4 Å². The predicted octanol–water partition coefficient (Wildman–Crippen LogP) is 3.67. The molecule has 0 radical (unpaired) electrons. The van der Waals surface area contributed by atoms with Crippen molar-refractivity contribution in [1.29, 1.82) is 0 Å². The van der Waals surface area contributed by atoms with Gasteiger partial charge in [-0.05, 0) is 23.1 Å². The number of methoxy groups -OCH3 is 1. The third-order valence-corrected chi connectivity index (χ3v) is 5.14. The number of benzene rings is 2. The van der Waals surface area contributed by atoms with E-state index in [2.05, 4.69) is 36.7 Å². The number of hydrogen-bond acceptors (Lipinski definition) is 3. The molecule has 8 heteroatoms. The monoisotopic (exact) mass is 417 g/mol. The maximum Gasteiger partial charge on any atom is 0.319 e. The maximum absolute atomic E-state index is 14.5. The summed E-state index contributed by atoms with van der Waals surface area (Å²) in [5, 5.41) is 7.73. The van der Waals surface area contributed by atoms with Crippen LogP contribution in [0, 0.1) is 11.6 Å². The number of urea groups is 1. The molecule has 0 saturated carbocycles. The van der Waals surface area contributed by atoms with Gasteiger partial charge in [0.15, 0.2) is 0 Å². The molecule has 0 spiro atoms. The van der Waals surface area contributed by atoms with Crippen molar-refractivity contribution in [3.63, 3.8) is 0 Å². The van der Waals surface area contributed by atoms with Gasteiger partial charge in [0, 0.05) is 35.8 Å². The number of nitrogens with one attached hydrogen (secondary N) is 3. The van der Waals surface area contributed by atoms with Crippen LogP contribution in [0.1, 0.15) is 37.8 Å². The molecule has 6 nitrogen and oxygen atoms in total. The fraction of sp³-hybridized carbons (Fsp3) is 0.364. The smallest absolute Gasteiger partial charge is 0.319 e. The zero-order valence-electron chi connectivity index (χ0n) is 17.3. The van der Waals surface area contributed by atoms with E-state index in [0.717, 1.165) is 17.7 Å². The minimum Gasteiger partial charge on any atom is -0.497 e. The summed E-state index contributed by atoms with van der Waals surface area (Å²) in [4.78, 5) is 24.7. The Bertz CT molecular complexity index is 932. The Hall–Kier alpha value is -3.16. The van der Waals surface area contributed by atoms with E-state index in [1.165, 1.54) is 7.11 Å². The van der Waals surface area contributed by atoms with Gasteiger partial charge in [-0.2, -0.15) is 0 Å². The van der Waals surface area contributed by atoms with Crippen LogP contribution in [0.25, 0.3) is 0 Å². The minimum atomic E-state index is -1.11. The van der Waals surface area contributed by atoms with Gasteiger partial charge in [-0.1, -0.05) is 32.9 Å². The largest absolute Gasteiger partial charge is 0.497 e. The number of halogens is 2. The highest BCUT2D eigenvalue weighted by Crippen LogP contribution is 2.31. The zero-order chi connectivity index (χ0) is 22.1. The van der Waals surface area contributed by atoms with Gasteiger partial charge in [-0.25, -0.2) is 13.6 Å². The van der Waals surface area contributed by atoms with Gasteiger partial charge in [0.05, 0.1) is 7.11 Å². The Morgan fingerprint density at radius 2 is 1.73 bits per heavy atom. The van der Waals surface area contributed by atoms with Crippen molar-refractivity contribution in [2.75, 3.05) is 19.0 Å². The molecule has 0 bridgehead atoms. The Morgan fingerprint density at radius 3 is 2.27 bits per heavy atom. The molecule has 1 fully saturated rings. The summed E-state index contributed by atoms with van der Waals surface area (Å²) in [6.45, 7) is 6.25. The third kappa shape index (κ3) is 4.53. The number of anilines is 1. The SMILES string of the molecule is COc1cc(F)c([C@@H]2CNC(=O)[C@H]2NC(=O)Nc2ccc(C(C)(C)C)cc2)c(F)c1. The van der Waals surface area contributed by atoms with Crippen LogP contribution < -0.4 is 20.7 Å². The number of hydrogen-bond donors (Lipinski definition) is 3. The molecule has 3 rings (SSSR count). The van der Waals surface area contributed by atoms with Crippen molar-refractivity contribution in [2.24, 2.45) is 0 Å². The average molecular weight is 417 g/mol. The molecule has 1 aliphatic rings. The number of ether oxygens (including phenoxy) is 1. The molecule has 3 N–H and O–H groups in total. The summed E-state index contributed by atoms with van der Waals surface area (Å²) < 4.78 is 33.8. The topological polar surface area (TPSA) is 79.5 Å². The van der Waals surface area contributed by atoms with Crippen LogP contribution in [0.5, 0.6) is 5.75 Å². The molecule has 2 aromatic rings. The van der Waals surface area contributed by atoms with Gasteiger partial charge >= 0.3 is 6.03 Å². The molecule has 1 aliphatic heterocycles. The molecule has 0 aliphatic carbocycles. The molecular weight excluding hydrogens is 392 g/mol. The molecule has 2 aromatic carbocycles. The molecule has 160 valence electrons. The van der Waals surface area contributed by atoms with Crippen LogP contribution in [0.2, 0.25) is 0 Å². The van der Waals surface area contributed by atoms with E-state index in [0.29, 0.717) is 5.69 Å².